The van der Waals surface area contributed by atoms with Crippen molar-refractivity contribution in [3.63, 3.8) is 0 Å². The van der Waals surface area contributed by atoms with Gasteiger partial charge in [0.1, 0.15) is 11.5 Å². The van der Waals surface area contributed by atoms with Crippen LogP contribution in [0.1, 0.15) is 5.56 Å². The lowest BCUT2D eigenvalue weighted by Crippen LogP contribution is -2.37. The van der Waals surface area contributed by atoms with E-state index in [4.69, 9.17) is 4.74 Å². The van der Waals surface area contributed by atoms with Crippen LogP contribution in [0.25, 0.3) is 11.2 Å². The molecule has 0 radical (unpaired) electrons. The summed E-state index contributed by atoms with van der Waals surface area (Å²) in [4.78, 5) is 29.6. The fourth-order valence-corrected chi connectivity index (χ4v) is 3.37. The Morgan fingerprint density at radius 1 is 0.968 bits per heavy atom. The fraction of sp³-hybridized carbons (Fsp3) is 0.227. The van der Waals surface area contributed by atoms with E-state index in [-0.39, 0.29) is 18.8 Å². The lowest BCUT2D eigenvalue weighted by Gasteiger charge is -2.11. The first kappa shape index (κ1) is 20.4. The van der Waals surface area contributed by atoms with Crippen LogP contribution in [0.3, 0.4) is 0 Å². The molecule has 2 aromatic carbocycles. The summed E-state index contributed by atoms with van der Waals surface area (Å²) in [5.41, 5.74) is 0.653. The van der Waals surface area contributed by atoms with Gasteiger partial charge in [-0.3, -0.25) is 18.5 Å². The van der Waals surface area contributed by atoms with Crippen LogP contribution >= 0.6 is 0 Å². The molecule has 4 aromatic rings. The predicted molar refractivity (Wildman–Crippen MR) is 118 cm³/mol. The van der Waals surface area contributed by atoms with E-state index in [2.05, 4.69) is 10.3 Å². The Hall–Kier alpha value is -3.85. The minimum atomic E-state index is -0.446. The van der Waals surface area contributed by atoms with Gasteiger partial charge in [-0.25, -0.2) is 4.79 Å². The number of benzene rings is 2. The second-order valence-corrected chi connectivity index (χ2v) is 7.11. The molecular weight excluding hydrogens is 398 g/mol. The summed E-state index contributed by atoms with van der Waals surface area (Å²) in [6.45, 7) is 0.524. The van der Waals surface area contributed by atoms with Crippen molar-refractivity contribution in [1.82, 2.24) is 18.7 Å². The molecule has 4 rings (SSSR count). The monoisotopic (exact) mass is 421 g/mol. The third-order valence-electron chi connectivity index (χ3n) is 4.99. The first-order chi connectivity index (χ1) is 15.0. The summed E-state index contributed by atoms with van der Waals surface area (Å²) in [6, 6.07) is 17.0. The number of aromatic nitrogens is 4. The van der Waals surface area contributed by atoms with Gasteiger partial charge in [-0.1, -0.05) is 30.3 Å². The molecule has 0 bridgehead atoms. The van der Waals surface area contributed by atoms with Crippen molar-refractivity contribution in [3.8, 4) is 11.5 Å². The molecule has 0 amide bonds. The molecule has 0 unspecified atom stereocenters. The van der Waals surface area contributed by atoms with E-state index in [0.29, 0.717) is 23.8 Å². The van der Waals surface area contributed by atoms with Crippen molar-refractivity contribution in [2.45, 2.75) is 6.54 Å². The Kier molecular flexibility index (Phi) is 5.59. The van der Waals surface area contributed by atoms with E-state index in [9.17, 15) is 14.7 Å². The van der Waals surface area contributed by atoms with Crippen molar-refractivity contribution in [2.75, 3.05) is 18.5 Å². The average Bonchev–Trinajstić information content (AvgIpc) is 3.15. The number of fused-ring (bicyclic) bond motifs is 1. The molecule has 9 heteroatoms. The largest absolute Gasteiger partial charge is 0.457 e. The molecule has 0 saturated heterocycles. The maximum absolute atomic E-state index is 12.8. The number of ether oxygens (including phenoxy) is 1. The number of imidazole rings is 1. The minimum absolute atomic E-state index is 0.0916. The molecule has 160 valence electrons. The summed E-state index contributed by atoms with van der Waals surface area (Å²) >= 11 is 0. The SMILES string of the molecule is Cn1c(=O)c2c(nc(NCCO)n2Cc2ccc(Oc3ccccc3)cc2)n(C)c1=O. The second kappa shape index (κ2) is 8.49. The summed E-state index contributed by atoms with van der Waals surface area (Å²) in [7, 11) is 3.02. The van der Waals surface area contributed by atoms with Crippen LogP contribution in [0.4, 0.5) is 5.95 Å². The quantitative estimate of drug-likeness (QED) is 0.471. The summed E-state index contributed by atoms with van der Waals surface area (Å²) in [6.07, 6.45) is 0. The molecule has 0 aliphatic rings. The summed E-state index contributed by atoms with van der Waals surface area (Å²) in [5, 5.41) is 12.2. The normalized spacial score (nSPS) is 11.1. The zero-order chi connectivity index (χ0) is 22.0. The fourth-order valence-electron chi connectivity index (χ4n) is 3.37. The average molecular weight is 421 g/mol. The standard InChI is InChI=1S/C22H23N5O4/c1-25-19-18(20(29)26(2)22(25)30)27(21(24-19)23-12-13-28)14-15-8-10-17(11-9-15)31-16-6-4-3-5-7-16/h3-11,28H,12-14H2,1-2H3,(H,23,24). The van der Waals surface area contributed by atoms with Gasteiger partial charge < -0.3 is 15.2 Å². The number of hydrogen-bond acceptors (Lipinski definition) is 6. The van der Waals surface area contributed by atoms with E-state index >= 15 is 0 Å². The Morgan fingerprint density at radius 3 is 2.32 bits per heavy atom. The smallest absolute Gasteiger partial charge is 0.332 e. The highest BCUT2D eigenvalue weighted by molar-refractivity contribution is 5.74. The van der Waals surface area contributed by atoms with Crippen LogP contribution in [0, 0.1) is 0 Å². The van der Waals surface area contributed by atoms with E-state index < -0.39 is 11.2 Å². The van der Waals surface area contributed by atoms with E-state index in [1.807, 2.05) is 54.6 Å². The predicted octanol–water partition coefficient (Wildman–Crippen LogP) is 1.68. The molecule has 0 fully saturated rings. The molecule has 0 atom stereocenters. The topological polar surface area (TPSA) is 103 Å². The van der Waals surface area contributed by atoms with Crippen LogP contribution in [0.2, 0.25) is 0 Å². The Morgan fingerprint density at radius 2 is 1.65 bits per heavy atom. The number of para-hydroxylation sites is 1. The van der Waals surface area contributed by atoms with Crippen molar-refractivity contribution in [3.05, 3.63) is 81.0 Å². The van der Waals surface area contributed by atoms with Gasteiger partial charge in [0.2, 0.25) is 5.95 Å². The number of aryl methyl sites for hydroxylation is 1. The Labute approximate surface area is 177 Å². The van der Waals surface area contributed by atoms with Crippen molar-refractivity contribution in [2.24, 2.45) is 14.1 Å². The highest BCUT2D eigenvalue weighted by Crippen LogP contribution is 2.23. The molecule has 31 heavy (non-hydrogen) atoms. The lowest BCUT2D eigenvalue weighted by atomic mass is 10.2. The first-order valence-electron chi connectivity index (χ1n) is 9.82. The van der Waals surface area contributed by atoms with Gasteiger partial charge >= 0.3 is 5.69 Å². The number of aliphatic hydroxyl groups excluding tert-OH is 1. The molecule has 9 nitrogen and oxygen atoms in total. The highest BCUT2D eigenvalue weighted by atomic mass is 16.5. The van der Waals surface area contributed by atoms with Crippen LogP contribution in [0.5, 0.6) is 11.5 Å². The zero-order valence-corrected chi connectivity index (χ0v) is 17.3. The molecule has 0 aliphatic heterocycles. The first-order valence-corrected chi connectivity index (χ1v) is 9.82. The molecule has 2 N–H and O–H groups in total. The zero-order valence-electron chi connectivity index (χ0n) is 17.3. The number of nitrogens with one attached hydrogen (secondary N) is 1. The number of rotatable bonds is 7. The van der Waals surface area contributed by atoms with Gasteiger partial charge in [0.15, 0.2) is 11.2 Å². The van der Waals surface area contributed by atoms with Gasteiger partial charge in [-0.05, 0) is 29.8 Å². The van der Waals surface area contributed by atoms with Gasteiger partial charge in [-0.15, -0.1) is 0 Å². The van der Waals surface area contributed by atoms with Crippen molar-refractivity contribution in [1.29, 1.82) is 0 Å². The van der Waals surface area contributed by atoms with Crippen LogP contribution in [-0.4, -0.2) is 36.9 Å². The summed E-state index contributed by atoms with van der Waals surface area (Å²) in [5.74, 6) is 1.85. The molecule has 0 spiro atoms. The minimum Gasteiger partial charge on any atom is -0.457 e. The van der Waals surface area contributed by atoms with Gasteiger partial charge in [0, 0.05) is 20.6 Å². The van der Waals surface area contributed by atoms with E-state index in [1.54, 1.807) is 11.6 Å². The number of nitrogens with zero attached hydrogens (tertiary/aromatic N) is 4. The molecular formula is C22H23N5O4. The van der Waals surface area contributed by atoms with Crippen LogP contribution in [-0.2, 0) is 20.6 Å². The lowest BCUT2D eigenvalue weighted by molar-refractivity contribution is 0.310. The highest BCUT2D eigenvalue weighted by Gasteiger charge is 2.19. The van der Waals surface area contributed by atoms with Crippen molar-refractivity contribution < 1.29 is 9.84 Å². The summed E-state index contributed by atoms with van der Waals surface area (Å²) < 4.78 is 9.95. The van der Waals surface area contributed by atoms with E-state index in [1.165, 1.54) is 11.6 Å². The third kappa shape index (κ3) is 3.95. The van der Waals surface area contributed by atoms with Crippen LogP contribution in [0.15, 0.2) is 64.2 Å². The third-order valence-corrected chi connectivity index (χ3v) is 4.99. The van der Waals surface area contributed by atoms with Crippen LogP contribution < -0.4 is 21.3 Å². The number of aliphatic hydroxyl groups is 1. The van der Waals surface area contributed by atoms with Gasteiger partial charge in [-0.2, -0.15) is 4.98 Å². The maximum Gasteiger partial charge on any atom is 0.332 e. The molecule has 2 aromatic heterocycles. The van der Waals surface area contributed by atoms with Gasteiger partial charge in [0.05, 0.1) is 13.2 Å². The molecule has 2 heterocycles. The molecule has 0 aliphatic carbocycles. The Bertz CT molecular complexity index is 1320. The second-order valence-electron chi connectivity index (χ2n) is 7.11. The number of hydrogen-bond donors (Lipinski definition) is 2. The van der Waals surface area contributed by atoms with E-state index in [0.717, 1.165) is 15.9 Å². The molecule has 0 saturated carbocycles. The number of anilines is 1. The Balaban J connectivity index is 1.71. The van der Waals surface area contributed by atoms with Crippen molar-refractivity contribution >= 4 is 17.1 Å². The maximum atomic E-state index is 12.8. The van der Waals surface area contributed by atoms with Gasteiger partial charge in [0.25, 0.3) is 5.56 Å².